The van der Waals surface area contributed by atoms with Gasteiger partial charge in [-0.25, -0.2) is 4.79 Å². The van der Waals surface area contributed by atoms with E-state index in [-0.39, 0.29) is 18.6 Å². The molecule has 1 aliphatic heterocycles. The Morgan fingerprint density at radius 1 is 1.23 bits per heavy atom. The smallest absolute Gasteiger partial charge is 0.414 e. The van der Waals surface area contributed by atoms with Crippen molar-refractivity contribution < 1.29 is 19.1 Å². The summed E-state index contributed by atoms with van der Waals surface area (Å²) in [4.78, 5) is 25.4. The number of anilines is 2. The molecule has 2 amide bonds. The number of nitrogens with one attached hydrogen (secondary N) is 1. The van der Waals surface area contributed by atoms with Gasteiger partial charge >= 0.3 is 6.09 Å². The lowest BCUT2D eigenvalue weighted by Crippen LogP contribution is -2.24. The Hall–Kier alpha value is -2.73. The van der Waals surface area contributed by atoms with Gasteiger partial charge in [-0.05, 0) is 55.3 Å². The molecule has 26 heavy (non-hydrogen) atoms. The number of carbonyl (C=O) groups is 2. The van der Waals surface area contributed by atoms with E-state index in [0.29, 0.717) is 35.3 Å². The lowest BCUT2D eigenvalue weighted by molar-refractivity contribution is -0.118. The Bertz CT molecular complexity index is 853. The van der Waals surface area contributed by atoms with E-state index in [1.165, 1.54) is 4.90 Å². The maximum atomic E-state index is 12.2. The molecular weight excluding hydrogens is 356 g/mol. The highest BCUT2D eigenvalue weighted by molar-refractivity contribution is 6.31. The number of benzene rings is 2. The van der Waals surface area contributed by atoms with Crippen LogP contribution in [0.4, 0.5) is 16.2 Å². The van der Waals surface area contributed by atoms with E-state index in [1.807, 2.05) is 26.0 Å². The van der Waals surface area contributed by atoms with Crippen LogP contribution in [0.5, 0.6) is 5.75 Å². The van der Waals surface area contributed by atoms with Gasteiger partial charge in [-0.1, -0.05) is 17.7 Å². The maximum absolute atomic E-state index is 12.2. The zero-order valence-corrected chi connectivity index (χ0v) is 15.3. The molecule has 7 heteroatoms. The molecule has 0 spiro atoms. The molecule has 3 rings (SSSR count). The summed E-state index contributed by atoms with van der Waals surface area (Å²) in [6.07, 6.45) is -0.382. The summed E-state index contributed by atoms with van der Waals surface area (Å²) in [7, 11) is 0. The van der Waals surface area contributed by atoms with Crippen LogP contribution in [0.1, 0.15) is 11.1 Å². The zero-order chi connectivity index (χ0) is 18.7. The summed E-state index contributed by atoms with van der Waals surface area (Å²) in [6.45, 7) is 4.48. The SMILES string of the molecule is Cc1cc(OCC(=O)Nc2cc(N3CCOC3=O)ccc2C)ccc1Cl. The van der Waals surface area contributed by atoms with Crippen molar-refractivity contribution in [2.24, 2.45) is 0 Å². The van der Waals surface area contributed by atoms with Crippen molar-refractivity contribution >= 4 is 35.0 Å². The molecule has 1 aliphatic rings. The van der Waals surface area contributed by atoms with Gasteiger partial charge in [-0.15, -0.1) is 0 Å². The fourth-order valence-corrected chi connectivity index (χ4v) is 2.70. The number of hydrogen-bond acceptors (Lipinski definition) is 4. The monoisotopic (exact) mass is 374 g/mol. The standard InChI is InChI=1S/C19H19ClN2O4/c1-12-3-4-14(22-7-8-25-19(22)24)10-17(12)21-18(23)11-26-15-5-6-16(20)13(2)9-15/h3-6,9-10H,7-8,11H2,1-2H3,(H,21,23). The van der Waals surface area contributed by atoms with Crippen LogP contribution in [0.15, 0.2) is 36.4 Å². The van der Waals surface area contributed by atoms with Gasteiger partial charge in [-0.3, -0.25) is 9.69 Å². The van der Waals surface area contributed by atoms with Crippen LogP contribution in [0.3, 0.4) is 0 Å². The molecule has 0 aromatic heterocycles. The molecular formula is C19H19ClN2O4. The summed E-state index contributed by atoms with van der Waals surface area (Å²) < 4.78 is 10.5. The predicted molar refractivity (Wildman–Crippen MR) is 100 cm³/mol. The Balaban J connectivity index is 1.64. The van der Waals surface area contributed by atoms with E-state index in [9.17, 15) is 9.59 Å². The molecule has 2 aromatic carbocycles. The van der Waals surface area contributed by atoms with Crippen LogP contribution < -0.4 is 15.0 Å². The lowest BCUT2D eigenvalue weighted by atomic mass is 10.1. The first kappa shape index (κ1) is 18.1. The van der Waals surface area contributed by atoms with Gasteiger partial charge < -0.3 is 14.8 Å². The van der Waals surface area contributed by atoms with Crippen LogP contribution in [0.25, 0.3) is 0 Å². The highest BCUT2D eigenvalue weighted by atomic mass is 35.5. The summed E-state index contributed by atoms with van der Waals surface area (Å²) in [5, 5.41) is 3.46. The Labute approximate surface area is 156 Å². The molecule has 1 fully saturated rings. The normalized spacial score (nSPS) is 13.5. The number of aryl methyl sites for hydroxylation is 2. The topological polar surface area (TPSA) is 67.9 Å². The average molecular weight is 375 g/mol. The van der Waals surface area contributed by atoms with Gasteiger partial charge in [-0.2, -0.15) is 0 Å². The van der Waals surface area contributed by atoms with Gasteiger partial charge in [0.15, 0.2) is 6.61 Å². The molecule has 2 aromatic rings. The number of halogens is 1. The Kier molecular flexibility index (Phi) is 5.32. The first-order valence-corrected chi connectivity index (χ1v) is 8.55. The molecule has 0 radical (unpaired) electrons. The summed E-state index contributed by atoms with van der Waals surface area (Å²) in [6, 6.07) is 10.7. The van der Waals surface area contributed by atoms with Crippen molar-refractivity contribution in [3.05, 3.63) is 52.5 Å². The van der Waals surface area contributed by atoms with Crippen LogP contribution in [0, 0.1) is 13.8 Å². The molecule has 0 saturated carbocycles. The predicted octanol–water partition coefficient (Wildman–Crippen LogP) is 3.93. The number of nitrogens with zero attached hydrogens (tertiary/aromatic N) is 1. The highest BCUT2D eigenvalue weighted by Gasteiger charge is 2.24. The third-order valence-corrected chi connectivity index (χ3v) is 4.49. The van der Waals surface area contributed by atoms with E-state index in [4.69, 9.17) is 21.1 Å². The first-order chi connectivity index (χ1) is 12.4. The van der Waals surface area contributed by atoms with Gasteiger partial charge in [0.05, 0.1) is 6.54 Å². The summed E-state index contributed by atoms with van der Waals surface area (Å²) in [5.74, 6) is 0.286. The Morgan fingerprint density at radius 2 is 2.04 bits per heavy atom. The quantitative estimate of drug-likeness (QED) is 0.861. The molecule has 0 aliphatic carbocycles. The molecule has 6 nitrogen and oxygen atoms in total. The number of hydrogen-bond donors (Lipinski definition) is 1. The second kappa shape index (κ2) is 7.66. The largest absolute Gasteiger partial charge is 0.484 e. The van der Waals surface area contributed by atoms with Crippen molar-refractivity contribution in [3.8, 4) is 5.75 Å². The fraction of sp³-hybridized carbons (Fsp3) is 0.263. The van der Waals surface area contributed by atoms with Gasteiger partial charge in [0.2, 0.25) is 0 Å². The fourth-order valence-electron chi connectivity index (χ4n) is 2.58. The lowest BCUT2D eigenvalue weighted by Gasteiger charge is -2.16. The Morgan fingerprint density at radius 3 is 2.73 bits per heavy atom. The van der Waals surface area contributed by atoms with Crippen LogP contribution in [0.2, 0.25) is 5.02 Å². The van der Waals surface area contributed by atoms with E-state index >= 15 is 0 Å². The molecule has 0 unspecified atom stereocenters. The first-order valence-electron chi connectivity index (χ1n) is 8.18. The van der Waals surface area contributed by atoms with E-state index in [2.05, 4.69) is 5.32 Å². The van der Waals surface area contributed by atoms with Crippen molar-refractivity contribution in [2.75, 3.05) is 30.0 Å². The van der Waals surface area contributed by atoms with Gasteiger partial charge in [0.25, 0.3) is 5.91 Å². The third-order valence-electron chi connectivity index (χ3n) is 4.07. The minimum Gasteiger partial charge on any atom is -0.484 e. The second-order valence-electron chi connectivity index (χ2n) is 6.01. The van der Waals surface area contributed by atoms with E-state index in [1.54, 1.807) is 24.3 Å². The number of rotatable bonds is 5. The van der Waals surface area contributed by atoms with Crippen molar-refractivity contribution in [1.29, 1.82) is 0 Å². The number of amides is 2. The van der Waals surface area contributed by atoms with Crippen molar-refractivity contribution in [3.63, 3.8) is 0 Å². The maximum Gasteiger partial charge on any atom is 0.414 e. The molecule has 136 valence electrons. The minimum absolute atomic E-state index is 0.128. The number of ether oxygens (including phenoxy) is 2. The number of cyclic esters (lactones) is 1. The highest BCUT2D eigenvalue weighted by Crippen LogP contribution is 2.26. The van der Waals surface area contributed by atoms with Crippen LogP contribution in [-0.4, -0.2) is 31.8 Å². The molecule has 1 heterocycles. The minimum atomic E-state index is -0.382. The van der Waals surface area contributed by atoms with Crippen LogP contribution >= 0.6 is 11.6 Å². The average Bonchev–Trinajstić information content (AvgIpc) is 3.04. The summed E-state index contributed by atoms with van der Waals surface area (Å²) >= 11 is 5.98. The van der Waals surface area contributed by atoms with E-state index in [0.717, 1.165) is 11.1 Å². The van der Waals surface area contributed by atoms with Crippen LogP contribution in [-0.2, 0) is 9.53 Å². The molecule has 0 atom stereocenters. The third kappa shape index (κ3) is 4.08. The number of carbonyl (C=O) groups excluding carboxylic acids is 2. The van der Waals surface area contributed by atoms with E-state index < -0.39 is 0 Å². The molecule has 1 saturated heterocycles. The van der Waals surface area contributed by atoms with Gasteiger partial charge in [0.1, 0.15) is 12.4 Å². The molecule has 0 bridgehead atoms. The molecule has 1 N–H and O–H groups in total. The van der Waals surface area contributed by atoms with Crippen molar-refractivity contribution in [1.82, 2.24) is 0 Å². The second-order valence-corrected chi connectivity index (χ2v) is 6.42. The zero-order valence-electron chi connectivity index (χ0n) is 14.5. The summed E-state index contributed by atoms with van der Waals surface area (Å²) in [5.41, 5.74) is 3.08. The van der Waals surface area contributed by atoms with Gasteiger partial charge in [0, 0.05) is 16.4 Å². The van der Waals surface area contributed by atoms with Crippen molar-refractivity contribution in [2.45, 2.75) is 13.8 Å².